The second-order valence-electron chi connectivity index (χ2n) is 3.37. The van der Waals surface area contributed by atoms with E-state index in [0.717, 1.165) is 13.1 Å². The number of carbonyl (C=O) groups excluding carboxylic acids is 2. The van der Waals surface area contributed by atoms with E-state index in [1.807, 2.05) is 0 Å². The predicted octanol–water partition coefficient (Wildman–Crippen LogP) is -2.51. The highest BCUT2D eigenvalue weighted by Gasteiger charge is 2.23. The largest absolute Gasteiger partial charge is 0.368 e. The molecule has 6 heteroatoms. The van der Waals surface area contributed by atoms with Gasteiger partial charge in [-0.15, -0.1) is 0 Å². The minimum Gasteiger partial charge on any atom is -0.368 e. The van der Waals surface area contributed by atoms with Gasteiger partial charge in [0, 0.05) is 26.7 Å². The predicted molar refractivity (Wildman–Crippen MR) is 51.5 cm³/mol. The zero-order chi connectivity index (χ0) is 10.6. The first-order valence-corrected chi connectivity index (χ1v) is 4.58. The first kappa shape index (κ1) is 10.9. The lowest BCUT2D eigenvalue weighted by Crippen LogP contribution is -2.56. The van der Waals surface area contributed by atoms with E-state index in [1.54, 1.807) is 7.05 Å². The van der Waals surface area contributed by atoms with E-state index in [0.29, 0.717) is 6.54 Å². The number of hydrogen-bond acceptors (Lipinski definition) is 4. The molecule has 0 spiro atoms. The summed E-state index contributed by atoms with van der Waals surface area (Å²) in [6.07, 6.45) is 0. The van der Waals surface area contributed by atoms with E-state index in [4.69, 9.17) is 5.73 Å². The summed E-state index contributed by atoms with van der Waals surface area (Å²) in [7, 11) is 1.57. The summed E-state index contributed by atoms with van der Waals surface area (Å²) >= 11 is 0. The maximum Gasteiger partial charge on any atom is 0.241 e. The Morgan fingerprint density at radius 2 is 2.21 bits per heavy atom. The van der Waals surface area contributed by atoms with Crippen molar-refractivity contribution in [3.05, 3.63) is 0 Å². The summed E-state index contributed by atoms with van der Waals surface area (Å²) in [4.78, 5) is 23.6. The molecule has 1 atom stereocenters. The Balaban J connectivity index is 2.42. The van der Waals surface area contributed by atoms with Gasteiger partial charge in [-0.1, -0.05) is 0 Å². The fourth-order valence-corrected chi connectivity index (χ4v) is 1.41. The first-order valence-electron chi connectivity index (χ1n) is 4.58. The van der Waals surface area contributed by atoms with Crippen LogP contribution in [-0.4, -0.2) is 56.0 Å². The molecule has 1 aliphatic rings. The van der Waals surface area contributed by atoms with Crippen LogP contribution < -0.4 is 16.4 Å². The van der Waals surface area contributed by atoms with Gasteiger partial charge in [0.25, 0.3) is 0 Å². The molecule has 1 fully saturated rings. The van der Waals surface area contributed by atoms with Crippen molar-refractivity contribution in [2.24, 2.45) is 5.73 Å². The Labute approximate surface area is 82.8 Å². The minimum absolute atomic E-state index is 0.0307. The van der Waals surface area contributed by atoms with Crippen molar-refractivity contribution in [2.45, 2.75) is 6.04 Å². The molecular formula is C8H16N4O2. The van der Waals surface area contributed by atoms with Crippen LogP contribution in [0.5, 0.6) is 0 Å². The van der Waals surface area contributed by atoms with Crippen molar-refractivity contribution >= 4 is 11.8 Å². The average molecular weight is 200 g/mol. The zero-order valence-corrected chi connectivity index (χ0v) is 8.25. The fourth-order valence-electron chi connectivity index (χ4n) is 1.41. The monoisotopic (exact) mass is 200 g/mol. The van der Waals surface area contributed by atoms with E-state index in [2.05, 4.69) is 10.6 Å². The molecule has 0 aromatic heterocycles. The van der Waals surface area contributed by atoms with Crippen molar-refractivity contribution < 1.29 is 9.59 Å². The van der Waals surface area contributed by atoms with Crippen molar-refractivity contribution in [1.29, 1.82) is 0 Å². The Kier molecular flexibility index (Phi) is 3.84. The molecule has 14 heavy (non-hydrogen) atoms. The molecule has 0 saturated carbocycles. The Hall–Kier alpha value is -1.14. The molecule has 1 aliphatic heterocycles. The van der Waals surface area contributed by atoms with Gasteiger partial charge in [0.15, 0.2) is 0 Å². The molecule has 0 bridgehead atoms. The highest BCUT2D eigenvalue weighted by molar-refractivity contribution is 5.86. The third-order valence-corrected chi connectivity index (χ3v) is 2.11. The number of amides is 2. The summed E-state index contributed by atoms with van der Waals surface area (Å²) in [5.41, 5.74) is 4.99. The van der Waals surface area contributed by atoms with E-state index < -0.39 is 5.91 Å². The molecule has 80 valence electrons. The van der Waals surface area contributed by atoms with E-state index in [1.165, 1.54) is 4.90 Å². The van der Waals surface area contributed by atoms with Crippen LogP contribution in [-0.2, 0) is 9.59 Å². The van der Waals surface area contributed by atoms with Gasteiger partial charge in [0.1, 0.15) is 0 Å². The van der Waals surface area contributed by atoms with Crippen LogP contribution in [0.15, 0.2) is 0 Å². The third kappa shape index (κ3) is 2.97. The molecule has 2 amide bonds. The molecule has 4 N–H and O–H groups in total. The van der Waals surface area contributed by atoms with Gasteiger partial charge >= 0.3 is 0 Å². The van der Waals surface area contributed by atoms with Gasteiger partial charge in [0.05, 0.1) is 12.6 Å². The summed E-state index contributed by atoms with van der Waals surface area (Å²) in [6, 6.07) is -0.243. The van der Waals surface area contributed by atoms with Gasteiger partial charge < -0.3 is 21.3 Å². The van der Waals surface area contributed by atoms with Crippen molar-refractivity contribution in [3.63, 3.8) is 0 Å². The van der Waals surface area contributed by atoms with Crippen molar-refractivity contribution in [3.8, 4) is 0 Å². The van der Waals surface area contributed by atoms with Crippen LogP contribution in [0.1, 0.15) is 0 Å². The van der Waals surface area contributed by atoms with Crippen LogP contribution >= 0.6 is 0 Å². The van der Waals surface area contributed by atoms with Gasteiger partial charge in [-0.25, -0.2) is 0 Å². The van der Waals surface area contributed by atoms with Gasteiger partial charge in [-0.05, 0) is 0 Å². The maximum atomic E-state index is 11.6. The fraction of sp³-hybridized carbons (Fsp3) is 0.750. The number of hydrogen-bond donors (Lipinski definition) is 3. The molecule has 0 aromatic carbocycles. The number of rotatable bonds is 3. The number of likely N-dealkylation sites (N-methyl/N-ethyl adjacent to an activating group) is 1. The topological polar surface area (TPSA) is 87.5 Å². The minimum atomic E-state index is -0.496. The SMILES string of the molecule is CN(CC(N)=O)C(=O)C1CNCCN1. The van der Waals surface area contributed by atoms with Crippen molar-refractivity contribution in [1.82, 2.24) is 15.5 Å². The number of carbonyl (C=O) groups is 2. The van der Waals surface area contributed by atoms with Gasteiger partial charge in [-0.3, -0.25) is 9.59 Å². The summed E-state index contributed by atoms with van der Waals surface area (Å²) < 4.78 is 0. The lowest BCUT2D eigenvalue weighted by atomic mass is 10.2. The Morgan fingerprint density at radius 1 is 1.50 bits per heavy atom. The van der Waals surface area contributed by atoms with E-state index in [9.17, 15) is 9.59 Å². The van der Waals surface area contributed by atoms with Crippen molar-refractivity contribution in [2.75, 3.05) is 33.2 Å². The Bertz CT molecular complexity index is 225. The second kappa shape index (κ2) is 4.92. The van der Waals surface area contributed by atoms with Crippen LogP contribution in [0.2, 0.25) is 0 Å². The standard InChI is InChI=1S/C8H16N4O2/c1-12(5-7(9)13)8(14)6-4-10-2-3-11-6/h6,10-11H,2-5H2,1H3,(H2,9,13). The van der Waals surface area contributed by atoms with Gasteiger partial charge in [0.2, 0.25) is 11.8 Å². The molecule has 1 rings (SSSR count). The van der Waals surface area contributed by atoms with Crippen LogP contribution in [0, 0.1) is 0 Å². The highest BCUT2D eigenvalue weighted by atomic mass is 16.2. The summed E-state index contributed by atoms with van der Waals surface area (Å²) in [5.74, 6) is -0.597. The molecule has 1 heterocycles. The number of nitrogens with two attached hydrogens (primary N) is 1. The molecule has 0 aromatic rings. The molecule has 6 nitrogen and oxygen atoms in total. The maximum absolute atomic E-state index is 11.6. The second-order valence-corrected chi connectivity index (χ2v) is 3.37. The zero-order valence-electron chi connectivity index (χ0n) is 8.25. The summed E-state index contributed by atoms with van der Waals surface area (Å²) in [5, 5.41) is 6.16. The smallest absolute Gasteiger partial charge is 0.241 e. The number of nitrogens with one attached hydrogen (secondary N) is 2. The summed E-state index contributed by atoms with van der Waals surface area (Å²) in [6.45, 7) is 2.20. The number of primary amides is 1. The van der Waals surface area contributed by atoms with E-state index >= 15 is 0 Å². The normalized spacial score (nSPS) is 21.6. The lowest BCUT2D eigenvalue weighted by molar-refractivity contribution is -0.135. The molecule has 0 aliphatic carbocycles. The quantitative estimate of drug-likeness (QED) is 0.469. The molecule has 0 radical (unpaired) electrons. The first-order chi connectivity index (χ1) is 6.61. The highest BCUT2D eigenvalue weighted by Crippen LogP contribution is 1.94. The number of piperazine rings is 1. The molecule has 1 saturated heterocycles. The van der Waals surface area contributed by atoms with Crippen LogP contribution in [0.4, 0.5) is 0 Å². The van der Waals surface area contributed by atoms with E-state index in [-0.39, 0.29) is 18.5 Å². The average Bonchev–Trinajstić information content (AvgIpc) is 2.17. The molecular weight excluding hydrogens is 184 g/mol. The third-order valence-electron chi connectivity index (χ3n) is 2.11. The van der Waals surface area contributed by atoms with Crippen LogP contribution in [0.3, 0.4) is 0 Å². The van der Waals surface area contributed by atoms with Gasteiger partial charge in [-0.2, -0.15) is 0 Å². The Morgan fingerprint density at radius 3 is 2.71 bits per heavy atom. The lowest BCUT2D eigenvalue weighted by Gasteiger charge is -2.27. The number of nitrogens with zero attached hydrogens (tertiary/aromatic N) is 1. The molecule has 1 unspecified atom stereocenters. The van der Waals surface area contributed by atoms with Crippen LogP contribution in [0.25, 0.3) is 0 Å².